The van der Waals surface area contributed by atoms with Crippen LogP contribution in [0.1, 0.15) is 12.8 Å². The minimum atomic E-state index is 0. The minimum absolute atomic E-state index is 0. The second-order valence-corrected chi connectivity index (χ2v) is 1.99. The second-order valence-electron chi connectivity index (χ2n) is 1.99. The summed E-state index contributed by atoms with van der Waals surface area (Å²) >= 11 is 0. The molecule has 0 saturated carbocycles. The summed E-state index contributed by atoms with van der Waals surface area (Å²) in [6.45, 7) is 6.36. The van der Waals surface area contributed by atoms with Crippen LogP contribution < -0.4 is 11.1 Å². The molecule has 0 amide bonds. The van der Waals surface area contributed by atoms with Gasteiger partial charge < -0.3 is 11.1 Å². The van der Waals surface area contributed by atoms with E-state index >= 15 is 0 Å². The Morgan fingerprint density at radius 1 is 1.27 bits per heavy atom. The van der Waals surface area contributed by atoms with Crippen molar-refractivity contribution in [1.82, 2.24) is 5.32 Å². The Kier molecular flexibility index (Phi) is 26.3. The number of unbranched alkanes of at least 4 members (excludes halogenated alkanes) is 1. The molecule has 0 radical (unpaired) electrons. The molecule has 0 bridgehead atoms. The molecule has 0 heterocycles. The van der Waals surface area contributed by atoms with E-state index in [0.29, 0.717) is 0 Å². The van der Waals surface area contributed by atoms with Crippen molar-refractivity contribution in [2.45, 2.75) is 12.8 Å². The quantitative estimate of drug-likeness (QED) is 0.502. The van der Waals surface area contributed by atoms with Gasteiger partial charge in [0.15, 0.2) is 0 Å². The van der Waals surface area contributed by atoms with E-state index < -0.39 is 0 Å². The summed E-state index contributed by atoms with van der Waals surface area (Å²) in [5, 5.41) is 3.20. The molecule has 0 aliphatic heterocycles. The van der Waals surface area contributed by atoms with Crippen LogP contribution in [0.15, 0.2) is 12.7 Å². The smallest absolute Gasteiger partial charge is 0.0132 e. The van der Waals surface area contributed by atoms with Gasteiger partial charge in [0, 0.05) is 6.54 Å². The number of nitrogens with one attached hydrogen (secondary N) is 1. The van der Waals surface area contributed by atoms with Crippen LogP contribution in [0, 0.1) is 0 Å². The van der Waals surface area contributed by atoms with Crippen LogP contribution >= 0.6 is 24.8 Å². The Labute approximate surface area is 81.4 Å². The lowest BCUT2D eigenvalue weighted by molar-refractivity contribution is 0.661. The maximum atomic E-state index is 5.30. The average molecular weight is 201 g/mol. The molecule has 0 aromatic carbocycles. The normalized spacial score (nSPS) is 7.73. The zero-order valence-electron chi connectivity index (χ0n) is 6.71. The van der Waals surface area contributed by atoms with E-state index in [0.717, 1.165) is 26.1 Å². The van der Waals surface area contributed by atoms with E-state index in [4.69, 9.17) is 5.73 Å². The van der Waals surface area contributed by atoms with Gasteiger partial charge in [0.1, 0.15) is 0 Å². The van der Waals surface area contributed by atoms with Crippen LogP contribution in [-0.2, 0) is 0 Å². The van der Waals surface area contributed by atoms with Gasteiger partial charge in [-0.05, 0) is 25.9 Å². The molecule has 0 aliphatic carbocycles. The summed E-state index contributed by atoms with van der Waals surface area (Å²) in [6, 6.07) is 0. The lowest BCUT2D eigenvalue weighted by Crippen LogP contribution is -2.15. The lowest BCUT2D eigenvalue weighted by Gasteiger charge is -1.98. The highest BCUT2D eigenvalue weighted by Gasteiger charge is 1.82. The summed E-state index contributed by atoms with van der Waals surface area (Å²) in [6.07, 6.45) is 4.15. The van der Waals surface area contributed by atoms with E-state index in [1.165, 1.54) is 6.42 Å². The lowest BCUT2D eigenvalue weighted by atomic mass is 10.3. The Balaban J connectivity index is -0.000000320. The van der Waals surface area contributed by atoms with Gasteiger partial charge in [-0.1, -0.05) is 6.08 Å². The third kappa shape index (κ3) is 17.9. The standard InChI is InChI=1S/C7H16N2.2ClH/c1-2-6-9-7-4-3-5-8;;/h2,9H,1,3-8H2;2*1H. The molecule has 4 heteroatoms. The molecule has 0 aromatic rings. The molecule has 70 valence electrons. The highest BCUT2D eigenvalue weighted by Crippen LogP contribution is 1.80. The molecule has 0 unspecified atom stereocenters. The van der Waals surface area contributed by atoms with Crippen LogP contribution in [0.4, 0.5) is 0 Å². The van der Waals surface area contributed by atoms with Crippen LogP contribution in [0.3, 0.4) is 0 Å². The molecular weight excluding hydrogens is 183 g/mol. The Hall–Kier alpha value is 0.240. The Bertz CT molecular complexity index is 69.5. The maximum absolute atomic E-state index is 5.30. The molecule has 0 aliphatic rings. The van der Waals surface area contributed by atoms with Crippen molar-refractivity contribution in [1.29, 1.82) is 0 Å². The highest BCUT2D eigenvalue weighted by molar-refractivity contribution is 5.85. The van der Waals surface area contributed by atoms with Crippen molar-refractivity contribution >= 4 is 24.8 Å². The van der Waals surface area contributed by atoms with Crippen LogP contribution in [0.25, 0.3) is 0 Å². The first-order valence-electron chi connectivity index (χ1n) is 3.43. The van der Waals surface area contributed by atoms with E-state index in [1.807, 2.05) is 6.08 Å². The van der Waals surface area contributed by atoms with Crippen molar-refractivity contribution < 1.29 is 0 Å². The molecule has 3 N–H and O–H groups in total. The molecule has 11 heavy (non-hydrogen) atoms. The summed E-state index contributed by atoms with van der Waals surface area (Å²) < 4.78 is 0. The van der Waals surface area contributed by atoms with Gasteiger partial charge in [-0.25, -0.2) is 0 Å². The molecule has 0 fully saturated rings. The number of halogens is 2. The van der Waals surface area contributed by atoms with Gasteiger partial charge >= 0.3 is 0 Å². The van der Waals surface area contributed by atoms with Crippen molar-refractivity contribution in [2.24, 2.45) is 5.73 Å². The van der Waals surface area contributed by atoms with Gasteiger partial charge in [0.2, 0.25) is 0 Å². The minimum Gasteiger partial charge on any atom is -0.330 e. The summed E-state index contributed by atoms with van der Waals surface area (Å²) in [5.74, 6) is 0. The maximum Gasteiger partial charge on any atom is 0.0132 e. The number of hydrogen-bond acceptors (Lipinski definition) is 2. The fraction of sp³-hybridized carbons (Fsp3) is 0.714. The zero-order valence-corrected chi connectivity index (χ0v) is 8.35. The first-order valence-corrected chi connectivity index (χ1v) is 3.43. The predicted octanol–water partition coefficient (Wildman–Crippen LogP) is 1.34. The summed E-state index contributed by atoms with van der Waals surface area (Å²) in [7, 11) is 0. The van der Waals surface area contributed by atoms with Crippen molar-refractivity contribution in [3.05, 3.63) is 12.7 Å². The molecule has 0 saturated heterocycles. The van der Waals surface area contributed by atoms with Crippen LogP contribution in [0.5, 0.6) is 0 Å². The van der Waals surface area contributed by atoms with Crippen LogP contribution in [0.2, 0.25) is 0 Å². The fourth-order valence-electron chi connectivity index (χ4n) is 0.598. The number of nitrogens with two attached hydrogens (primary N) is 1. The molecule has 0 atom stereocenters. The highest BCUT2D eigenvalue weighted by atomic mass is 35.5. The third-order valence-corrected chi connectivity index (χ3v) is 1.10. The van der Waals surface area contributed by atoms with Crippen molar-refractivity contribution in [2.75, 3.05) is 19.6 Å². The van der Waals surface area contributed by atoms with E-state index in [9.17, 15) is 0 Å². The molecule has 0 rings (SSSR count). The first-order chi connectivity index (χ1) is 4.41. The average Bonchev–Trinajstić information content (AvgIpc) is 1.89. The Morgan fingerprint density at radius 2 is 1.91 bits per heavy atom. The van der Waals surface area contributed by atoms with Gasteiger partial charge in [0.25, 0.3) is 0 Å². The molecular formula is C7H18Cl2N2. The SMILES string of the molecule is C=CCNCCCCN.Cl.Cl. The summed E-state index contributed by atoms with van der Waals surface area (Å²) in [5.41, 5.74) is 5.30. The number of hydrogen-bond donors (Lipinski definition) is 2. The monoisotopic (exact) mass is 200 g/mol. The zero-order chi connectivity index (χ0) is 6.95. The van der Waals surface area contributed by atoms with Crippen molar-refractivity contribution in [3.8, 4) is 0 Å². The van der Waals surface area contributed by atoms with Gasteiger partial charge in [0.05, 0.1) is 0 Å². The predicted molar refractivity (Wildman–Crippen MR) is 55.9 cm³/mol. The second kappa shape index (κ2) is 16.7. The van der Waals surface area contributed by atoms with Gasteiger partial charge in [-0.2, -0.15) is 0 Å². The summed E-state index contributed by atoms with van der Waals surface area (Å²) in [4.78, 5) is 0. The topological polar surface area (TPSA) is 38.0 Å². The Morgan fingerprint density at radius 3 is 2.36 bits per heavy atom. The number of rotatable bonds is 6. The largest absolute Gasteiger partial charge is 0.330 e. The first kappa shape index (κ1) is 17.4. The molecule has 0 spiro atoms. The third-order valence-electron chi connectivity index (χ3n) is 1.10. The van der Waals surface area contributed by atoms with Gasteiger partial charge in [-0.15, -0.1) is 31.4 Å². The van der Waals surface area contributed by atoms with E-state index in [1.54, 1.807) is 0 Å². The fourth-order valence-corrected chi connectivity index (χ4v) is 0.598. The molecule has 0 aromatic heterocycles. The van der Waals surface area contributed by atoms with Crippen molar-refractivity contribution in [3.63, 3.8) is 0 Å². The van der Waals surface area contributed by atoms with E-state index in [-0.39, 0.29) is 24.8 Å². The van der Waals surface area contributed by atoms with Gasteiger partial charge in [-0.3, -0.25) is 0 Å². The van der Waals surface area contributed by atoms with Crippen LogP contribution in [-0.4, -0.2) is 19.6 Å². The molecule has 2 nitrogen and oxygen atoms in total. The van der Waals surface area contributed by atoms with E-state index in [2.05, 4.69) is 11.9 Å².